The Kier molecular flexibility index (Phi) is 6.71. The van der Waals surface area contributed by atoms with Crippen LogP contribution in [0.3, 0.4) is 0 Å². The number of anilines is 2. The molecule has 3 nitrogen and oxygen atoms in total. The number of hydrogen-bond donors (Lipinski definition) is 2. The minimum Gasteiger partial charge on any atom is -0.385 e. The summed E-state index contributed by atoms with van der Waals surface area (Å²) in [5.74, 6) is 1.15. The summed E-state index contributed by atoms with van der Waals surface area (Å²) in [6, 6.07) is 8.67. The molecule has 1 aromatic rings. The molecule has 0 fully saturated rings. The van der Waals surface area contributed by atoms with Gasteiger partial charge < -0.3 is 16.0 Å². The second-order valence-electron chi connectivity index (χ2n) is 5.34. The number of nitrogens with one attached hydrogen (secondary N) is 1. The minimum absolute atomic E-state index is 0.530. The van der Waals surface area contributed by atoms with Crippen molar-refractivity contribution < 1.29 is 0 Å². The Morgan fingerprint density at radius 2 is 1.68 bits per heavy atom. The Morgan fingerprint density at radius 1 is 1.11 bits per heavy atom. The molecule has 0 aliphatic rings. The number of nitrogens with two attached hydrogens (primary N) is 1. The Bertz CT molecular complexity index is 342. The lowest BCUT2D eigenvalue weighted by Gasteiger charge is -2.22. The van der Waals surface area contributed by atoms with Crippen molar-refractivity contribution in [2.75, 3.05) is 36.4 Å². The van der Waals surface area contributed by atoms with Gasteiger partial charge in [0, 0.05) is 31.0 Å². The highest BCUT2D eigenvalue weighted by Gasteiger charge is 2.10. The minimum atomic E-state index is 0.530. The maximum Gasteiger partial charge on any atom is 0.0367 e. The van der Waals surface area contributed by atoms with E-state index in [1.165, 1.54) is 11.4 Å². The first kappa shape index (κ1) is 15.8. The second kappa shape index (κ2) is 8.05. The van der Waals surface area contributed by atoms with Crippen LogP contribution in [0.2, 0.25) is 0 Å². The first-order valence-corrected chi connectivity index (χ1v) is 7.41. The number of hydrogen-bond acceptors (Lipinski definition) is 3. The van der Waals surface area contributed by atoms with Gasteiger partial charge in [0.25, 0.3) is 0 Å². The van der Waals surface area contributed by atoms with Gasteiger partial charge in [-0.1, -0.05) is 13.8 Å². The monoisotopic (exact) mass is 263 g/mol. The maximum absolute atomic E-state index is 5.79. The van der Waals surface area contributed by atoms with E-state index in [1.807, 2.05) is 0 Å². The summed E-state index contributed by atoms with van der Waals surface area (Å²) in [5, 5.41) is 3.48. The van der Waals surface area contributed by atoms with Gasteiger partial charge in [0.15, 0.2) is 0 Å². The topological polar surface area (TPSA) is 41.3 Å². The molecule has 1 unspecified atom stereocenters. The van der Waals surface area contributed by atoms with Gasteiger partial charge in [0.1, 0.15) is 0 Å². The Morgan fingerprint density at radius 3 is 2.11 bits per heavy atom. The molecule has 0 aliphatic carbocycles. The molecule has 1 rings (SSSR count). The van der Waals surface area contributed by atoms with Gasteiger partial charge in [0.05, 0.1) is 0 Å². The molecule has 108 valence electrons. The summed E-state index contributed by atoms with van der Waals surface area (Å²) in [6.07, 6.45) is 0. The zero-order valence-corrected chi connectivity index (χ0v) is 12.8. The van der Waals surface area contributed by atoms with Crippen LogP contribution in [-0.4, -0.2) is 26.2 Å². The lowest BCUT2D eigenvalue weighted by Crippen LogP contribution is -2.27. The molecular formula is C16H29N3. The Hall–Kier alpha value is -1.22. The average molecular weight is 263 g/mol. The maximum atomic E-state index is 5.79. The van der Waals surface area contributed by atoms with Crippen LogP contribution < -0.4 is 16.0 Å². The fourth-order valence-corrected chi connectivity index (χ4v) is 2.22. The summed E-state index contributed by atoms with van der Waals surface area (Å²) >= 11 is 0. The zero-order chi connectivity index (χ0) is 14.3. The summed E-state index contributed by atoms with van der Waals surface area (Å²) in [7, 11) is 0. The van der Waals surface area contributed by atoms with Crippen molar-refractivity contribution in [2.45, 2.75) is 27.7 Å². The molecule has 0 saturated carbocycles. The van der Waals surface area contributed by atoms with Crippen LogP contribution in [0.5, 0.6) is 0 Å². The lowest BCUT2D eigenvalue weighted by molar-refractivity contribution is 0.413. The summed E-state index contributed by atoms with van der Waals surface area (Å²) < 4.78 is 0. The fraction of sp³-hybridized carbons (Fsp3) is 0.625. The zero-order valence-electron chi connectivity index (χ0n) is 12.8. The molecule has 3 heteroatoms. The van der Waals surface area contributed by atoms with Gasteiger partial charge in [-0.15, -0.1) is 0 Å². The largest absolute Gasteiger partial charge is 0.385 e. The molecule has 0 aromatic heterocycles. The highest BCUT2D eigenvalue weighted by atomic mass is 15.1. The molecule has 1 aromatic carbocycles. The van der Waals surface area contributed by atoms with Crippen LogP contribution >= 0.6 is 0 Å². The Labute approximate surface area is 118 Å². The van der Waals surface area contributed by atoms with E-state index in [2.05, 4.69) is 62.2 Å². The summed E-state index contributed by atoms with van der Waals surface area (Å²) in [4.78, 5) is 2.35. The fourth-order valence-electron chi connectivity index (χ4n) is 2.22. The molecule has 0 saturated heterocycles. The van der Waals surface area contributed by atoms with Crippen LogP contribution in [0.25, 0.3) is 0 Å². The third kappa shape index (κ3) is 4.75. The van der Waals surface area contributed by atoms with Gasteiger partial charge in [-0.3, -0.25) is 0 Å². The SMILES string of the molecule is CCN(CC)c1ccc(NCC(CN)C(C)C)cc1. The number of rotatable bonds is 8. The van der Waals surface area contributed by atoms with Crippen LogP contribution in [0, 0.1) is 11.8 Å². The molecule has 1 atom stereocenters. The second-order valence-corrected chi connectivity index (χ2v) is 5.34. The van der Waals surface area contributed by atoms with Crippen molar-refractivity contribution in [3.8, 4) is 0 Å². The summed E-state index contributed by atoms with van der Waals surface area (Å²) in [6.45, 7) is 12.6. The molecule has 0 bridgehead atoms. The van der Waals surface area contributed by atoms with Crippen molar-refractivity contribution in [1.29, 1.82) is 0 Å². The van der Waals surface area contributed by atoms with Crippen LogP contribution in [0.15, 0.2) is 24.3 Å². The molecular weight excluding hydrogens is 234 g/mol. The van der Waals surface area contributed by atoms with Crippen LogP contribution in [0.4, 0.5) is 11.4 Å². The predicted octanol–water partition coefficient (Wildman–Crippen LogP) is 3.18. The van der Waals surface area contributed by atoms with Gasteiger partial charge in [-0.05, 0) is 56.5 Å². The molecule has 0 aliphatic heterocycles. The van der Waals surface area contributed by atoms with Crippen molar-refractivity contribution in [3.63, 3.8) is 0 Å². The van der Waals surface area contributed by atoms with Crippen molar-refractivity contribution in [1.82, 2.24) is 0 Å². The van der Waals surface area contributed by atoms with Crippen molar-refractivity contribution in [3.05, 3.63) is 24.3 Å². The first-order chi connectivity index (χ1) is 9.12. The average Bonchev–Trinajstić information content (AvgIpc) is 2.42. The number of nitrogens with zero attached hydrogens (tertiary/aromatic N) is 1. The lowest BCUT2D eigenvalue weighted by atomic mass is 9.96. The Balaban J connectivity index is 2.57. The molecule has 0 radical (unpaired) electrons. The van der Waals surface area contributed by atoms with E-state index in [0.29, 0.717) is 11.8 Å². The van der Waals surface area contributed by atoms with Crippen molar-refractivity contribution in [2.24, 2.45) is 17.6 Å². The smallest absolute Gasteiger partial charge is 0.0367 e. The summed E-state index contributed by atoms with van der Waals surface area (Å²) in [5.41, 5.74) is 8.25. The van der Waals surface area contributed by atoms with Crippen LogP contribution in [-0.2, 0) is 0 Å². The molecule has 19 heavy (non-hydrogen) atoms. The van der Waals surface area contributed by atoms with E-state index in [9.17, 15) is 0 Å². The van der Waals surface area contributed by atoms with Crippen LogP contribution in [0.1, 0.15) is 27.7 Å². The highest BCUT2D eigenvalue weighted by molar-refractivity contribution is 5.55. The number of benzene rings is 1. The molecule has 0 spiro atoms. The first-order valence-electron chi connectivity index (χ1n) is 7.41. The molecule has 3 N–H and O–H groups in total. The van der Waals surface area contributed by atoms with Gasteiger partial charge in [-0.25, -0.2) is 0 Å². The molecule has 0 heterocycles. The third-order valence-corrected chi connectivity index (χ3v) is 3.81. The quantitative estimate of drug-likeness (QED) is 0.757. The normalized spacial score (nSPS) is 12.5. The van der Waals surface area contributed by atoms with E-state index in [-0.39, 0.29) is 0 Å². The van der Waals surface area contributed by atoms with E-state index in [4.69, 9.17) is 5.73 Å². The molecule has 0 amide bonds. The van der Waals surface area contributed by atoms with Crippen molar-refractivity contribution >= 4 is 11.4 Å². The highest BCUT2D eigenvalue weighted by Crippen LogP contribution is 2.18. The standard InChI is InChI=1S/C16H29N3/c1-5-19(6-2)16-9-7-15(8-10-16)18-12-14(11-17)13(3)4/h7-10,13-14,18H,5-6,11-12,17H2,1-4H3. The van der Waals surface area contributed by atoms with E-state index in [1.54, 1.807) is 0 Å². The van der Waals surface area contributed by atoms with Gasteiger partial charge >= 0.3 is 0 Å². The predicted molar refractivity (Wildman–Crippen MR) is 85.9 cm³/mol. The van der Waals surface area contributed by atoms with Gasteiger partial charge in [-0.2, -0.15) is 0 Å². The van der Waals surface area contributed by atoms with E-state index >= 15 is 0 Å². The van der Waals surface area contributed by atoms with E-state index in [0.717, 1.165) is 26.2 Å². The van der Waals surface area contributed by atoms with Gasteiger partial charge in [0.2, 0.25) is 0 Å². The third-order valence-electron chi connectivity index (χ3n) is 3.81. The van der Waals surface area contributed by atoms with E-state index < -0.39 is 0 Å².